The van der Waals surface area contributed by atoms with Crippen LogP contribution in [0.5, 0.6) is 0 Å². The Bertz CT molecular complexity index is 573. The normalized spacial score (nSPS) is 10.1. The number of aliphatic imine (C=N–C) groups is 2. The summed E-state index contributed by atoms with van der Waals surface area (Å²) in [6.45, 7) is 0. The van der Waals surface area contributed by atoms with Gasteiger partial charge >= 0.3 is 0 Å². The van der Waals surface area contributed by atoms with E-state index >= 15 is 0 Å². The van der Waals surface area contributed by atoms with Gasteiger partial charge in [-0.3, -0.25) is 4.55 Å². The van der Waals surface area contributed by atoms with Crippen LogP contribution in [0.3, 0.4) is 0 Å². The molecule has 0 amide bonds. The number of hydrogen-bond acceptors (Lipinski definition) is 6. The van der Waals surface area contributed by atoms with Crippen LogP contribution in [0.2, 0.25) is 0 Å². The molecule has 0 unspecified atom stereocenters. The van der Waals surface area contributed by atoms with Gasteiger partial charge in [0.25, 0.3) is 10.1 Å². The Morgan fingerprint density at radius 3 is 1.81 bits per heavy atom. The van der Waals surface area contributed by atoms with Crippen LogP contribution in [0.15, 0.2) is 33.1 Å². The van der Waals surface area contributed by atoms with E-state index in [-0.39, 0.29) is 11.4 Å². The first-order valence-corrected chi connectivity index (χ1v) is 5.21. The third-order valence-corrected chi connectivity index (χ3v) is 2.50. The summed E-state index contributed by atoms with van der Waals surface area (Å²) in [4.78, 5) is 25.5. The van der Waals surface area contributed by atoms with Crippen molar-refractivity contribution in [2.45, 2.75) is 4.90 Å². The largest absolute Gasteiger partial charge is 0.298 e. The maximum absolute atomic E-state index is 11.0. The molecule has 7 nitrogen and oxygen atoms in total. The number of rotatable bonds is 3. The van der Waals surface area contributed by atoms with Crippen molar-refractivity contribution in [3.8, 4) is 0 Å². The second kappa shape index (κ2) is 4.61. The van der Waals surface area contributed by atoms with Crippen LogP contribution in [0.1, 0.15) is 0 Å². The number of isocyanates is 2. The van der Waals surface area contributed by atoms with E-state index in [2.05, 4.69) is 9.98 Å². The van der Waals surface area contributed by atoms with Crippen molar-refractivity contribution in [1.29, 1.82) is 0 Å². The molecule has 1 aromatic carbocycles. The number of nitrogens with zero attached hydrogens (tertiary/aromatic N) is 2. The van der Waals surface area contributed by atoms with Crippen molar-refractivity contribution >= 4 is 33.7 Å². The van der Waals surface area contributed by atoms with Crippen LogP contribution >= 0.6 is 0 Å². The Balaban J connectivity index is 3.73. The number of hydrogen-bond donors (Lipinski definition) is 1. The maximum Gasteiger partial charge on any atom is 0.298 e. The fraction of sp³-hybridized carbons (Fsp3) is 0. The lowest BCUT2D eigenvalue weighted by molar-refractivity contribution is 0.484. The molecule has 1 rings (SSSR count). The van der Waals surface area contributed by atoms with Crippen LogP contribution < -0.4 is 0 Å². The second-order valence-corrected chi connectivity index (χ2v) is 3.87. The summed E-state index contributed by atoms with van der Waals surface area (Å²) in [7, 11) is -4.65. The molecular weight excluding hydrogens is 236 g/mol. The van der Waals surface area contributed by atoms with E-state index in [4.69, 9.17) is 4.55 Å². The Hall–Kier alpha value is -2.11. The predicted molar refractivity (Wildman–Crippen MR) is 51.8 cm³/mol. The lowest BCUT2D eigenvalue weighted by Crippen LogP contribution is -1.99. The minimum absolute atomic E-state index is 0.353. The topological polar surface area (TPSA) is 113 Å². The van der Waals surface area contributed by atoms with Gasteiger partial charge in [-0.2, -0.15) is 18.4 Å². The first kappa shape index (κ1) is 12.0. The Labute approximate surface area is 89.9 Å². The standard InChI is InChI=1S/C8H4N2O5S/c11-4-9-6-2-1-3-7(10-5-12)8(6)16(13,14)15/h1-3H,(H,13,14,15). The molecule has 0 heterocycles. The van der Waals surface area contributed by atoms with Gasteiger partial charge in [-0.15, -0.1) is 0 Å². The Morgan fingerprint density at radius 1 is 1.06 bits per heavy atom. The van der Waals surface area contributed by atoms with Gasteiger partial charge in [0.1, 0.15) is 4.90 Å². The SMILES string of the molecule is O=C=Nc1cccc(N=C=O)c1S(=O)(=O)O. The zero-order chi connectivity index (χ0) is 12.2. The highest BCUT2D eigenvalue weighted by atomic mass is 32.2. The molecule has 0 aliphatic heterocycles. The summed E-state index contributed by atoms with van der Waals surface area (Å²) in [6.07, 6.45) is 2.25. The summed E-state index contributed by atoms with van der Waals surface area (Å²) in [6, 6.07) is 3.61. The molecule has 0 saturated heterocycles. The molecule has 1 aromatic rings. The maximum atomic E-state index is 11.0. The van der Waals surface area contributed by atoms with Gasteiger partial charge in [-0.05, 0) is 12.1 Å². The van der Waals surface area contributed by atoms with Crippen LogP contribution in [-0.2, 0) is 19.7 Å². The second-order valence-electron chi connectivity index (χ2n) is 2.51. The first-order valence-electron chi connectivity index (χ1n) is 3.77. The summed E-state index contributed by atoms with van der Waals surface area (Å²) in [5, 5.41) is 0. The molecule has 16 heavy (non-hydrogen) atoms. The fourth-order valence-electron chi connectivity index (χ4n) is 1.05. The zero-order valence-corrected chi connectivity index (χ0v) is 8.43. The molecule has 0 radical (unpaired) electrons. The minimum atomic E-state index is -4.65. The van der Waals surface area contributed by atoms with Gasteiger partial charge in [0, 0.05) is 0 Å². The highest BCUT2D eigenvalue weighted by molar-refractivity contribution is 7.86. The molecule has 0 fully saturated rings. The quantitative estimate of drug-likeness (QED) is 0.478. The summed E-state index contributed by atoms with van der Waals surface area (Å²) in [5.41, 5.74) is -0.706. The molecule has 1 N–H and O–H groups in total. The number of benzene rings is 1. The van der Waals surface area contributed by atoms with E-state index in [1.54, 1.807) is 0 Å². The van der Waals surface area contributed by atoms with Crippen LogP contribution in [0, 0.1) is 0 Å². The lowest BCUT2D eigenvalue weighted by atomic mass is 10.3. The summed E-state index contributed by atoms with van der Waals surface area (Å²) >= 11 is 0. The van der Waals surface area contributed by atoms with E-state index < -0.39 is 15.0 Å². The Kier molecular flexibility index (Phi) is 3.44. The molecule has 82 valence electrons. The van der Waals surface area contributed by atoms with Crippen LogP contribution in [0.25, 0.3) is 0 Å². The summed E-state index contributed by atoms with van der Waals surface area (Å²) in [5.74, 6) is 0. The highest BCUT2D eigenvalue weighted by Gasteiger charge is 2.20. The van der Waals surface area contributed by atoms with E-state index in [0.29, 0.717) is 0 Å². The van der Waals surface area contributed by atoms with E-state index in [9.17, 15) is 18.0 Å². The molecule has 0 saturated carbocycles. The van der Waals surface area contributed by atoms with Crippen LogP contribution in [0.4, 0.5) is 11.4 Å². The van der Waals surface area contributed by atoms with Crippen molar-refractivity contribution in [2.24, 2.45) is 9.98 Å². The van der Waals surface area contributed by atoms with Crippen molar-refractivity contribution in [1.82, 2.24) is 0 Å². The van der Waals surface area contributed by atoms with Crippen LogP contribution in [-0.4, -0.2) is 25.1 Å². The highest BCUT2D eigenvalue weighted by Crippen LogP contribution is 2.32. The predicted octanol–water partition coefficient (Wildman–Crippen LogP) is 0.868. The number of carbonyl (C=O) groups excluding carboxylic acids is 2. The monoisotopic (exact) mass is 240 g/mol. The molecular formula is C8H4N2O5S. The van der Waals surface area contributed by atoms with E-state index in [1.165, 1.54) is 6.07 Å². The molecule has 8 heteroatoms. The summed E-state index contributed by atoms with van der Waals surface area (Å²) < 4.78 is 30.9. The lowest BCUT2D eigenvalue weighted by Gasteiger charge is -2.02. The third-order valence-electron chi connectivity index (χ3n) is 1.56. The van der Waals surface area contributed by atoms with Crippen molar-refractivity contribution < 1.29 is 22.6 Å². The van der Waals surface area contributed by atoms with E-state index in [0.717, 1.165) is 24.3 Å². The van der Waals surface area contributed by atoms with Crippen molar-refractivity contribution in [2.75, 3.05) is 0 Å². The van der Waals surface area contributed by atoms with Gasteiger partial charge < -0.3 is 0 Å². The minimum Gasteiger partial charge on any atom is -0.282 e. The fourth-order valence-corrected chi connectivity index (χ4v) is 1.81. The van der Waals surface area contributed by atoms with Gasteiger partial charge in [-0.25, -0.2) is 9.59 Å². The zero-order valence-electron chi connectivity index (χ0n) is 7.61. The average molecular weight is 240 g/mol. The Morgan fingerprint density at radius 2 is 1.50 bits per heavy atom. The molecule has 0 aliphatic rings. The molecule has 0 atom stereocenters. The van der Waals surface area contributed by atoms with Gasteiger partial charge in [0.2, 0.25) is 12.2 Å². The molecule has 0 spiro atoms. The van der Waals surface area contributed by atoms with Gasteiger partial charge in [0.15, 0.2) is 0 Å². The van der Waals surface area contributed by atoms with E-state index in [1.807, 2.05) is 0 Å². The van der Waals surface area contributed by atoms with Gasteiger partial charge in [0.05, 0.1) is 11.4 Å². The molecule has 0 bridgehead atoms. The van der Waals surface area contributed by atoms with Crippen molar-refractivity contribution in [3.63, 3.8) is 0 Å². The first-order chi connectivity index (χ1) is 7.50. The average Bonchev–Trinajstić information content (AvgIpc) is 2.17. The van der Waals surface area contributed by atoms with Crippen molar-refractivity contribution in [3.05, 3.63) is 18.2 Å². The third kappa shape index (κ3) is 2.47. The molecule has 0 aliphatic carbocycles. The van der Waals surface area contributed by atoms with Gasteiger partial charge in [-0.1, -0.05) is 6.07 Å². The smallest absolute Gasteiger partial charge is 0.282 e. The molecule has 0 aromatic heterocycles.